The van der Waals surface area contributed by atoms with Crippen LogP contribution in [0.5, 0.6) is 0 Å². The molecule has 0 aliphatic heterocycles. The molecule has 2 heteroatoms. The molecule has 2 rings (SSSR count). The molecule has 0 aliphatic rings. The summed E-state index contributed by atoms with van der Waals surface area (Å²) >= 11 is 0. The Bertz CT molecular complexity index is 475. The summed E-state index contributed by atoms with van der Waals surface area (Å²) in [5.74, 6) is 0. The van der Waals surface area contributed by atoms with Crippen LogP contribution in [0, 0.1) is 6.92 Å². The fraction of sp³-hybridized carbons (Fsp3) is 0.385. The highest BCUT2D eigenvalue weighted by Gasteiger charge is 2.14. The van der Waals surface area contributed by atoms with Crippen molar-refractivity contribution in [2.24, 2.45) is 5.73 Å². The van der Waals surface area contributed by atoms with Crippen LogP contribution in [-0.2, 0) is 6.42 Å². The maximum atomic E-state index is 6.03. The van der Waals surface area contributed by atoms with Crippen LogP contribution in [0.1, 0.15) is 25.0 Å². The Morgan fingerprint density at radius 3 is 2.73 bits per heavy atom. The molecule has 0 unspecified atom stereocenters. The van der Waals surface area contributed by atoms with Crippen LogP contribution in [0.15, 0.2) is 24.4 Å². The minimum atomic E-state index is -0.153. The molecule has 1 aromatic carbocycles. The predicted octanol–water partition coefficient (Wildman–Crippen LogP) is 2.76. The van der Waals surface area contributed by atoms with Crippen LogP contribution in [0.2, 0.25) is 0 Å². The Morgan fingerprint density at radius 1 is 1.33 bits per heavy atom. The molecule has 0 aliphatic carbocycles. The van der Waals surface area contributed by atoms with Gasteiger partial charge in [0.25, 0.3) is 0 Å². The summed E-state index contributed by atoms with van der Waals surface area (Å²) in [4.78, 5) is 3.30. The van der Waals surface area contributed by atoms with Crippen molar-refractivity contribution >= 4 is 10.9 Å². The largest absolute Gasteiger partial charge is 0.361 e. The zero-order chi connectivity index (χ0) is 11.1. The van der Waals surface area contributed by atoms with Crippen molar-refractivity contribution in [1.29, 1.82) is 0 Å². The fourth-order valence-corrected chi connectivity index (χ4v) is 1.94. The number of H-pyrrole nitrogens is 1. The molecular weight excluding hydrogens is 184 g/mol. The molecule has 0 fully saturated rings. The summed E-state index contributed by atoms with van der Waals surface area (Å²) in [6.45, 7) is 6.22. The number of nitrogens with one attached hydrogen (secondary N) is 1. The van der Waals surface area contributed by atoms with Crippen molar-refractivity contribution < 1.29 is 0 Å². The summed E-state index contributed by atoms with van der Waals surface area (Å²) in [7, 11) is 0. The minimum Gasteiger partial charge on any atom is -0.361 e. The van der Waals surface area contributed by atoms with Crippen LogP contribution in [0.3, 0.4) is 0 Å². The Kier molecular flexibility index (Phi) is 2.31. The Labute approximate surface area is 90.5 Å². The smallest absolute Gasteiger partial charge is 0.0459 e. The highest BCUT2D eigenvalue weighted by molar-refractivity contribution is 5.83. The van der Waals surface area contributed by atoms with E-state index in [0.29, 0.717) is 0 Å². The van der Waals surface area contributed by atoms with Crippen LogP contribution in [0.4, 0.5) is 0 Å². The lowest BCUT2D eigenvalue weighted by atomic mass is 9.96. The number of fused-ring (bicyclic) bond motifs is 1. The molecule has 0 spiro atoms. The van der Waals surface area contributed by atoms with Gasteiger partial charge in [-0.25, -0.2) is 0 Å². The minimum absolute atomic E-state index is 0.153. The van der Waals surface area contributed by atoms with Gasteiger partial charge in [0.15, 0.2) is 0 Å². The molecule has 0 bridgehead atoms. The molecule has 2 aromatic rings. The third-order valence-electron chi connectivity index (χ3n) is 2.57. The van der Waals surface area contributed by atoms with Gasteiger partial charge in [0.1, 0.15) is 0 Å². The highest BCUT2D eigenvalue weighted by Crippen LogP contribution is 2.22. The van der Waals surface area contributed by atoms with Crippen molar-refractivity contribution in [3.05, 3.63) is 35.5 Å². The summed E-state index contributed by atoms with van der Waals surface area (Å²) in [6, 6.07) is 6.48. The van der Waals surface area contributed by atoms with Gasteiger partial charge in [-0.15, -0.1) is 0 Å². The highest BCUT2D eigenvalue weighted by atomic mass is 14.7. The number of aromatic nitrogens is 1. The SMILES string of the molecule is Cc1ccc2c(CC(C)(C)N)c[nH]c2c1. The van der Waals surface area contributed by atoms with Gasteiger partial charge in [-0.05, 0) is 44.4 Å². The van der Waals surface area contributed by atoms with Crippen molar-refractivity contribution in [3.63, 3.8) is 0 Å². The van der Waals surface area contributed by atoms with Crippen LogP contribution < -0.4 is 5.73 Å². The van der Waals surface area contributed by atoms with E-state index in [1.807, 2.05) is 0 Å². The van der Waals surface area contributed by atoms with E-state index in [4.69, 9.17) is 5.73 Å². The molecular formula is C13H18N2. The Hall–Kier alpha value is -1.28. The number of hydrogen-bond donors (Lipinski definition) is 2. The van der Waals surface area contributed by atoms with E-state index in [1.54, 1.807) is 0 Å². The second kappa shape index (κ2) is 3.38. The van der Waals surface area contributed by atoms with Crippen molar-refractivity contribution in [2.75, 3.05) is 0 Å². The van der Waals surface area contributed by atoms with Gasteiger partial charge >= 0.3 is 0 Å². The van der Waals surface area contributed by atoms with Gasteiger partial charge in [-0.2, -0.15) is 0 Å². The van der Waals surface area contributed by atoms with Crippen LogP contribution in [0.25, 0.3) is 10.9 Å². The monoisotopic (exact) mass is 202 g/mol. The summed E-state index contributed by atoms with van der Waals surface area (Å²) in [5.41, 5.74) is 9.67. The number of rotatable bonds is 2. The maximum absolute atomic E-state index is 6.03. The number of nitrogens with two attached hydrogens (primary N) is 1. The van der Waals surface area contributed by atoms with Gasteiger partial charge in [-0.1, -0.05) is 12.1 Å². The molecule has 0 saturated heterocycles. The van der Waals surface area contributed by atoms with Crippen molar-refractivity contribution in [3.8, 4) is 0 Å². The molecule has 0 atom stereocenters. The molecule has 0 radical (unpaired) electrons. The normalized spacial score (nSPS) is 12.3. The zero-order valence-electron chi connectivity index (χ0n) is 9.59. The summed E-state index contributed by atoms with van der Waals surface area (Å²) in [5, 5.41) is 1.29. The second-order valence-electron chi connectivity index (χ2n) is 5.03. The lowest BCUT2D eigenvalue weighted by Gasteiger charge is -2.17. The van der Waals surface area contributed by atoms with Crippen LogP contribution >= 0.6 is 0 Å². The molecule has 0 saturated carbocycles. The van der Waals surface area contributed by atoms with E-state index in [-0.39, 0.29) is 5.54 Å². The average Bonchev–Trinajstić information content (AvgIpc) is 2.45. The second-order valence-corrected chi connectivity index (χ2v) is 5.03. The first kappa shape index (κ1) is 10.2. The molecule has 1 aromatic heterocycles. The van der Waals surface area contributed by atoms with E-state index in [2.05, 4.69) is 50.2 Å². The number of aromatic amines is 1. The van der Waals surface area contributed by atoms with Gasteiger partial charge in [0.2, 0.25) is 0 Å². The third-order valence-corrected chi connectivity index (χ3v) is 2.57. The van der Waals surface area contributed by atoms with E-state index < -0.39 is 0 Å². The molecule has 0 amide bonds. The lowest BCUT2D eigenvalue weighted by molar-refractivity contribution is 0.518. The Morgan fingerprint density at radius 2 is 2.07 bits per heavy atom. The molecule has 1 heterocycles. The standard InChI is InChI=1S/C13H18N2/c1-9-4-5-11-10(7-13(2,3)14)8-15-12(11)6-9/h4-6,8,15H,7,14H2,1-3H3. The first-order valence-corrected chi connectivity index (χ1v) is 5.31. The molecule has 15 heavy (non-hydrogen) atoms. The van der Waals surface area contributed by atoms with E-state index in [1.165, 1.54) is 22.0 Å². The topological polar surface area (TPSA) is 41.8 Å². The van der Waals surface area contributed by atoms with E-state index in [9.17, 15) is 0 Å². The first-order valence-electron chi connectivity index (χ1n) is 5.31. The average molecular weight is 202 g/mol. The van der Waals surface area contributed by atoms with Gasteiger partial charge in [-0.3, -0.25) is 0 Å². The Balaban J connectivity index is 2.45. The van der Waals surface area contributed by atoms with Crippen molar-refractivity contribution in [2.45, 2.75) is 32.7 Å². The van der Waals surface area contributed by atoms with Crippen molar-refractivity contribution in [1.82, 2.24) is 4.98 Å². The van der Waals surface area contributed by atoms with Crippen LogP contribution in [-0.4, -0.2) is 10.5 Å². The predicted molar refractivity (Wildman–Crippen MR) is 65.0 cm³/mol. The lowest BCUT2D eigenvalue weighted by Crippen LogP contribution is -2.34. The van der Waals surface area contributed by atoms with E-state index in [0.717, 1.165) is 6.42 Å². The van der Waals surface area contributed by atoms with Gasteiger partial charge in [0, 0.05) is 22.6 Å². The van der Waals surface area contributed by atoms with Gasteiger partial charge < -0.3 is 10.7 Å². The first-order chi connectivity index (χ1) is 6.96. The molecule has 2 nitrogen and oxygen atoms in total. The quantitative estimate of drug-likeness (QED) is 0.772. The zero-order valence-corrected chi connectivity index (χ0v) is 9.59. The molecule has 80 valence electrons. The number of hydrogen-bond acceptors (Lipinski definition) is 1. The number of benzene rings is 1. The third kappa shape index (κ3) is 2.21. The fourth-order valence-electron chi connectivity index (χ4n) is 1.94. The van der Waals surface area contributed by atoms with E-state index >= 15 is 0 Å². The number of aryl methyl sites for hydroxylation is 1. The molecule has 3 N–H and O–H groups in total. The van der Waals surface area contributed by atoms with Gasteiger partial charge in [0.05, 0.1) is 0 Å². The summed E-state index contributed by atoms with van der Waals surface area (Å²) < 4.78 is 0. The maximum Gasteiger partial charge on any atom is 0.0459 e. The summed E-state index contributed by atoms with van der Waals surface area (Å²) in [6.07, 6.45) is 2.97.